The SMILES string of the molecule is CC(N)Cc1cccc(F)c1Oc1ccccc1Cl. The number of halogens is 2. The predicted molar refractivity (Wildman–Crippen MR) is 75.3 cm³/mol. The fraction of sp³-hybridized carbons (Fsp3) is 0.200. The van der Waals surface area contributed by atoms with Gasteiger partial charge in [0.15, 0.2) is 11.6 Å². The molecule has 0 aliphatic rings. The summed E-state index contributed by atoms with van der Waals surface area (Å²) >= 11 is 6.01. The minimum Gasteiger partial charge on any atom is -0.452 e. The lowest BCUT2D eigenvalue weighted by Crippen LogP contribution is -2.18. The summed E-state index contributed by atoms with van der Waals surface area (Å²) in [6, 6.07) is 11.7. The average Bonchev–Trinajstić information content (AvgIpc) is 2.35. The van der Waals surface area contributed by atoms with Gasteiger partial charge in [-0.15, -0.1) is 0 Å². The van der Waals surface area contributed by atoms with Crippen molar-refractivity contribution >= 4 is 11.6 Å². The van der Waals surface area contributed by atoms with Crippen LogP contribution in [0.2, 0.25) is 5.02 Å². The summed E-state index contributed by atoms with van der Waals surface area (Å²) in [5.74, 6) is 0.200. The van der Waals surface area contributed by atoms with E-state index in [1.165, 1.54) is 6.07 Å². The fourth-order valence-electron chi connectivity index (χ4n) is 1.81. The molecule has 0 aromatic heterocycles. The number of nitrogens with two attached hydrogens (primary N) is 1. The molecule has 2 N–H and O–H groups in total. The van der Waals surface area contributed by atoms with E-state index in [1.807, 2.05) is 6.92 Å². The van der Waals surface area contributed by atoms with Gasteiger partial charge in [-0.25, -0.2) is 4.39 Å². The molecule has 0 amide bonds. The van der Waals surface area contributed by atoms with E-state index in [-0.39, 0.29) is 11.8 Å². The van der Waals surface area contributed by atoms with Gasteiger partial charge in [0.25, 0.3) is 0 Å². The van der Waals surface area contributed by atoms with Gasteiger partial charge >= 0.3 is 0 Å². The molecule has 0 spiro atoms. The normalized spacial score (nSPS) is 12.2. The fourth-order valence-corrected chi connectivity index (χ4v) is 1.99. The summed E-state index contributed by atoms with van der Waals surface area (Å²) in [6.07, 6.45) is 0.539. The molecule has 2 aromatic rings. The zero-order valence-electron chi connectivity index (χ0n) is 10.6. The quantitative estimate of drug-likeness (QED) is 0.912. The van der Waals surface area contributed by atoms with Gasteiger partial charge in [0.1, 0.15) is 5.75 Å². The van der Waals surface area contributed by atoms with Crippen LogP contribution in [-0.4, -0.2) is 6.04 Å². The lowest BCUT2D eigenvalue weighted by molar-refractivity contribution is 0.434. The average molecular weight is 280 g/mol. The van der Waals surface area contributed by atoms with Crippen molar-refractivity contribution in [2.75, 3.05) is 0 Å². The monoisotopic (exact) mass is 279 g/mol. The number of para-hydroxylation sites is 2. The summed E-state index contributed by atoms with van der Waals surface area (Å²) in [7, 11) is 0. The Balaban J connectivity index is 2.36. The topological polar surface area (TPSA) is 35.2 Å². The summed E-state index contributed by atoms with van der Waals surface area (Å²) in [5, 5.41) is 0.442. The molecule has 0 aliphatic carbocycles. The van der Waals surface area contributed by atoms with Crippen LogP contribution < -0.4 is 10.5 Å². The van der Waals surface area contributed by atoms with Crippen LogP contribution in [0.3, 0.4) is 0 Å². The molecule has 1 unspecified atom stereocenters. The van der Waals surface area contributed by atoms with Crippen LogP contribution in [0.25, 0.3) is 0 Å². The summed E-state index contributed by atoms with van der Waals surface area (Å²) in [5.41, 5.74) is 6.49. The van der Waals surface area contributed by atoms with E-state index in [9.17, 15) is 4.39 Å². The van der Waals surface area contributed by atoms with Crippen molar-refractivity contribution in [2.24, 2.45) is 5.73 Å². The zero-order valence-corrected chi connectivity index (χ0v) is 11.3. The summed E-state index contributed by atoms with van der Waals surface area (Å²) < 4.78 is 19.5. The molecule has 1 atom stereocenters. The lowest BCUT2D eigenvalue weighted by Gasteiger charge is -2.14. The molecule has 0 radical (unpaired) electrons. The molecule has 0 fully saturated rings. The zero-order chi connectivity index (χ0) is 13.8. The highest BCUT2D eigenvalue weighted by Crippen LogP contribution is 2.33. The molecule has 19 heavy (non-hydrogen) atoms. The van der Waals surface area contributed by atoms with Crippen LogP contribution in [0.15, 0.2) is 42.5 Å². The van der Waals surface area contributed by atoms with E-state index in [0.717, 1.165) is 5.56 Å². The van der Waals surface area contributed by atoms with Gasteiger partial charge in [0.2, 0.25) is 0 Å². The van der Waals surface area contributed by atoms with Crippen molar-refractivity contribution in [3.05, 3.63) is 58.9 Å². The van der Waals surface area contributed by atoms with Crippen molar-refractivity contribution in [3.8, 4) is 11.5 Å². The molecule has 0 aliphatic heterocycles. The standard InChI is InChI=1S/C15H15ClFNO/c1-10(18)9-11-5-4-7-13(17)15(11)19-14-8-3-2-6-12(14)16/h2-8,10H,9,18H2,1H3. The van der Waals surface area contributed by atoms with Gasteiger partial charge in [0, 0.05) is 6.04 Å². The first-order valence-electron chi connectivity index (χ1n) is 6.03. The van der Waals surface area contributed by atoms with Gasteiger partial charge in [-0.1, -0.05) is 35.9 Å². The third kappa shape index (κ3) is 3.46. The molecule has 0 bridgehead atoms. The van der Waals surface area contributed by atoms with Crippen molar-refractivity contribution in [1.82, 2.24) is 0 Å². The first-order chi connectivity index (χ1) is 9.08. The van der Waals surface area contributed by atoms with E-state index in [1.54, 1.807) is 36.4 Å². The van der Waals surface area contributed by atoms with E-state index in [2.05, 4.69) is 0 Å². The number of benzene rings is 2. The molecule has 0 saturated carbocycles. The maximum Gasteiger partial charge on any atom is 0.166 e. The molecule has 0 heterocycles. The van der Waals surface area contributed by atoms with Crippen molar-refractivity contribution < 1.29 is 9.13 Å². The van der Waals surface area contributed by atoms with Crippen molar-refractivity contribution in [3.63, 3.8) is 0 Å². The van der Waals surface area contributed by atoms with Crippen molar-refractivity contribution in [2.45, 2.75) is 19.4 Å². The smallest absolute Gasteiger partial charge is 0.166 e. The summed E-state index contributed by atoms with van der Waals surface area (Å²) in [4.78, 5) is 0. The second kappa shape index (κ2) is 6.04. The van der Waals surface area contributed by atoms with Crippen LogP contribution in [0.5, 0.6) is 11.5 Å². The lowest BCUT2D eigenvalue weighted by atomic mass is 10.1. The van der Waals surface area contributed by atoms with Gasteiger partial charge in [-0.3, -0.25) is 0 Å². The van der Waals surface area contributed by atoms with Gasteiger partial charge in [-0.05, 0) is 37.1 Å². The van der Waals surface area contributed by atoms with Crippen LogP contribution in [0, 0.1) is 5.82 Å². The van der Waals surface area contributed by atoms with Gasteiger partial charge in [-0.2, -0.15) is 0 Å². The maximum atomic E-state index is 13.9. The van der Waals surface area contributed by atoms with Crippen LogP contribution in [-0.2, 0) is 6.42 Å². The molecule has 0 saturated heterocycles. The van der Waals surface area contributed by atoms with E-state index < -0.39 is 5.82 Å². The highest BCUT2D eigenvalue weighted by molar-refractivity contribution is 6.32. The molecule has 2 aromatic carbocycles. The van der Waals surface area contributed by atoms with E-state index in [4.69, 9.17) is 22.1 Å². The minimum absolute atomic E-state index is 0.0737. The number of hydrogen-bond donors (Lipinski definition) is 1. The van der Waals surface area contributed by atoms with Crippen molar-refractivity contribution in [1.29, 1.82) is 0 Å². The third-order valence-electron chi connectivity index (χ3n) is 2.64. The summed E-state index contributed by atoms with van der Waals surface area (Å²) in [6.45, 7) is 1.87. The maximum absolute atomic E-state index is 13.9. The number of hydrogen-bond acceptors (Lipinski definition) is 2. The second-order valence-corrected chi connectivity index (χ2v) is 4.85. The molecule has 100 valence electrons. The number of ether oxygens (including phenoxy) is 1. The number of rotatable bonds is 4. The minimum atomic E-state index is -0.418. The predicted octanol–water partition coefficient (Wildman–Crippen LogP) is 4.16. The molecular formula is C15H15ClFNO. The molecule has 2 rings (SSSR count). The Hall–Kier alpha value is -1.58. The molecule has 2 nitrogen and oxygen atoms in total. The molecular weight excluding hydrogens is 265 g/mol. The molecule has 4 heteroatoms. The highest BCUT2D eigenvalue weighted by atomic mass is 35.5. The largest absolute Gasteiger partial charge is 0.452 e. The van der Waals surface area contributed by atoms with E-state index in [0.29, 0.717) is 17.2 Å². The Morgan fingerprint density at radius 1 is 1.21 bits per heavy atom. The Bertz CT molecular complexity index is 572. The Morgan fingerprint density at radius 2 is 1.95 bits per heavy atom. The first kappa shape index (κ1) is 13.8. The second-order valence-electron chi connectivity index (χ2n) is 4.44. The third-order valence-corrected chi connectivity index (χ3v) is 2.95. The van der Waals surface area contributed by atoms with Crippen LogP contribution in [0.1, 0.15) is 12.5 Å². The van der Waals surface area contributed by atoms with Gasteiger partial charge < -0.3 is 10.5 Å². The van der Waals surface area contributed by atoms with Gasteiger partial charge in [0.05, 0.1) is 5.02 Å². The highest BCUT2D eigenvalue weighted by Gasteiger charge is 2.13. The Morgan fingerprint density at radius 3 is 2.63 bits per heavy atom. The van der Waals surface area contributed by atoms with E-state index >= 15 is 0 Å². The van der Waals surface area contributed by atoms with Crippen LogP contribution >= 0.6 is 11.6 Å². The Kier molecular flexibility index (Phi) is 4.40. The first-order valence-corrected chi connectivity index (χ1v) is 6.41. The Labute approximate surface area is 117 Å². The van der Waals surface area contributed by atoms with Crippen LogP contribution in [0.4, 0.5) is 4.39 Å².